The van der Waals surface area contributed by atoms with Crippen LogP contribution in [0.25, 0.3) is 16.7 Å². The van der Waals surface area contributed by atoms with Crippen LogP contribution in [-0.4, -0.2) is 19.9 Å². The molecule has 8 heteroatoms. The molecular formula is C27H22ClN5O2. The summed E-state index contributed by atoms with van der Waals surface area (Å²) in [7, 11) is 0. The van der Waals surface area contributed by atoms with Crippen LogP contribution in [0, 0.1) is 12.3 Å². The predicted molar refractivity (Wildman–Crippen MR) is 136 cm³/mol. The number of amides is 1. The van der Waals surface area contributed by atoms with Gasteiger partial charge < -0.3 is 9.88 Å². The fourth-order valence-corrected chi connectivity index (χ4v) is 4.19. The molecular weight excluding hydrogens is 462 g/mol. The van der Waals surface area contributed by atoms with Crippen LogP contribution in [0.2, 0.25) is 5.02 Å². The number of fused-ring (bicyclic) bond motifs is 2. The van der Waals surface area contributed by atoms with Crippen LogP contribution in [0.15, 0.2) is 83.8 Å². The molecule has 174 valence electrons. The molecule has 3 aromatic heterocycles. The summed E-state index contributed by atoms with van der Waals surface area (Å²) in [6, 6.07) is 21.8. The van der Waals surface area contributed by atoms with Crippen molar-refractivity contribution in [2.45, 2.75) is 20.0 Å². The van der Waals surface area contributed by atoms with E-state index < -0.39 is 5.91 Å². The zero-order chi connectivity index (χ0) is 24.5. The molecule has 2 N–H and O–H groups in total. The van der Waals surface area contributed by atoms with Crippen LogP contribution < -0.4 is 16.4 Å². The van der Waals surface area contributed by atoms with E-state index in [-0.39, 0.29) is 28.5 Å². The van der Waals surface area contributed by atoms with Crippen LogP contribution in [0.5, 0.6) is 0 Å². The summed E-state index contributed by atoms with van der Waals surface area (Å²) in [6.07, 6.45) is 1.63. The van der Waals surface area contributed by atoms with Gasteiger partial charge in [0.15, 0.2) is 0 Å². The van der Waals surface area contributed by atoms with E-state index in [0.29, 0.717) is 22.9 Å². The second-order valence-corrected chi connectivity index (χ2v) is 8.74. The van der Waals surface area contributed by atoms with Crippen molar-refractivity contribution >= 4 is 34.2 Å². The number of halogens is 1. The highest BCUT2D eigenvalue weighted by Crippen LogP contribution is 2.18. The highest BCUT2D eigenvalue weighted by molar-refractivity contribution is 6.31. The number of nitrogens with one attached hydrogen (secondary N) is 2. The van der Waals surface area contributed by atoms with Gasteiger partial charge in [-0.2, -0.15) is 0 Å². The van der Waals surface area contributed by atoms with E-state index in [1.807, 2.05) is 49.4 Å². The molecule has 0 radical (unpaired) electrons. The van der Waals surface area contributed by atoms with Gasteiger partial charge in [0.2, 0.25) is 0 Å². The van der Waals surface area contributed by atoms with E-state index in [2.05, 4.69) is 10.3 Å². The van der Waals surface area contributed by atoms with Gasteiger partial charge in [-0.05, 0) is 42.3 Å². The lowest BCUT2D eigenvalue weighted by Gasteiger charge is -2.15. The summed E-state index contributed by atoms with van der Waals surface area (Å²) < 4.78 is 2.99. The summed E-state index contributed by atoms with van der Waals surface area (Å²) >= 11 is 6.39. The minimum atomic E-state index is -0.442. The number of aryl methyl sites for hydroxylation is 1. The van der Waals surface area contributed by atoms with Crippen molar-refractivity contribution < 1.29 is 4.79 Å². The topological polar surface area (TPSA) is 92.2 Å². The summed E-state index contributed by atoms with van der Waals surface area (Å²) in [6.45, 7) is 2.48. The fraction of sp³-hybridized carbons (Fsp3) is 0.111. The Labute approximate surface area is 205 Å². The minimum absolute atomic E-state index is 0.0500. The van der Waals surface area contributed by atoms with Gasteiger partial charge in [-0.25, -0.2) is 4.98 Å². The molecule has 5 rings (SSSR count). The van der Waals surface area contributed by atoms with Gasteiger partial charge in [0.05, 0.1) is 17.5 Å². The Bertz CT molecular complexity index is 1700. The van der Waals surface area contributed by atoms with Crippen molar-refractivity contribution in [1.29, 1.82) is 5.41 Å². The molecule has 1 amide bonds. The Morgan fingerprint density at radius 3 is 2.57 bits per heavy atom. The number of benzene rings is 2. The molecule has 0 atom stereocenters. The average molecular weight is 484 g/mol. The molecule has 0 saturated carbocycles. The van der Waals surface area contributed by atoms with Crippen LogP contribution in [0.1, 0.15) is 27.0 Å². The maximum absolute atomic E-state index is 13.3. The molecule has 0 spiro atoms. The third-order valence-electron chi connectivity index (χ3n) is 5.92. The minimum Gasteiger partial charge on any atom is -0.348 e. The Morgan fingerprint density at radius 2 is 1.80 bits per heavy atom. The van der Waals surface area contributed by atoms with E-state index in [9.17, 15) is 9.59 Å². The maximum atomic E-state index is 13.3. The summed E-state index contributed by atoms with van der Waals surface area (Å²) in [5.74, 6) is -0.442. The number of pyridine rings is 2. The Balaban J connectivity index is 1.66. The van der Waals surface area contributed by atoms with Crippen molar-refractivity contribution in [3.8, 4) is 0 Å². The van der Waals surface area contributed by atoms with Crippen LogP contribution >= 0.6 is 11.6 Å². The van der Waals surface area contributed by atoms with Gasteiger partial charge in [-0.15, -0.1) is 0 Å². The number of carbonyl (C=O) groups excluding carboxylic acids is 1. The lowest BCUT2D eigenvalue weighted by Crippen LogP contribution is -2.35. The molecule has 0 bridgehead atoms. The molecule has 0 fully saturated rings. The zero-order valence-electron chi connectivity index (χ0n) is 19.0. The monoisotopic (exact) mass is 483 g/mol. The Hall–Kier alpha value is -4.23. The van der Waals surface area contributed by atoms with Gasteiger partial charge >= 0.3 is 0 Å². The zero-order valence-corrected chi connectivity index (χ0v) is 19.7. The second kappa shape index (κ2) is 9.19. The molecule has 5 aromatic rings. The fourth-order valence-electron chi connectivity index (χ4n) is 3.99. The summed E-state index contributed by atoms with van der Waals surface area (Å²) in [5, 5.41) is 12.5. The lowest BCUT2D eigenvalue weighted by molar-refractivity contribution is 0.0948. The van der Waals surface area contributed by atoms with Crippen LogP contribution in [-0.2, 0) is 13.1 Å². The van der Waals surface area contributed by atoms with E-state index in [0.717, 1.165) is 16.7 Å². The molecule has 0 saturated heterocycles. The first-order chi connectivity index (χ1) is 16.9. The molecule has 0 aliphatic heterocycles. The maximum Gasteiger partial charge on any atom is 0.267 e. The first-order valence-corrected chi connectivity index (χ1v) is 11.5. The first-order valence-electron chi connectivity index (χ1n) is 11.1. The van der Waals surface area contributed by atoms with Gasteiger partial charge in [-0.1, -0.05) is 65.7 Å². The number of hydrogen-bond acceptors (Lipinski definition) is 4. The van der Waals surface area contributed by atoms with Crippen molar-refractivity contribution in [1.82, 2.24) is 19.3 Å². The SMILES string of the molecule is Cc1ccc(CNC(=O)c2cc3c(=O)n4ccccc4nc3n(Cc3ccccc3Cl)c2=N)cc1. The molecule has 3 heterocycles. The molecule has 0 unspecified atom stereocenters. The van der Waals surface area contributed by atoms with Crippen molar-refractivity contribution in [2.75, 3.05) is 0 Å². The van der Waals surface area contributed by atoms with Crippen LogP contribution in [0.4, 0.5) is 0 Å². The van der Waals surface area contributed by atoms with Crippen molar-refractivity contribution in [2.24, 2.45) is 0 Å². The molecule has 0 aliphatic rings. The Morgan fingerprint density at radius 1 is 1.06 bits per heavy atom. The number of rotatable bonds is 5. The van der Waals surface area contributed by atoms with E-state index in [1.54, 1.807) is 35.0 Å². The first kappa shape index (κ1) is 22.6. The van der Waals surface area contributed by atoms with Crippen molar-refractivity contribution in [3.63, 3.8) is 0 Å². The van der Waals surface area contributed by atoms with Crippen LogP contribution in [0.3, 0.4) is 0 Å². The quantitative estimate of drug-likeness (QED) is 0.369. The highest BCUT2D eigenvalue weighted by atomic mass is 35.5. The highest BCUT2D eigenvalue weighted by Gasteiger charge is 2.18. The average Bonchev–Trinajstić information content (AvgIpc) is 2.86. The van der Waals surface area contributed by atoms with E-state index >= 15 is 0 Å². The molecule has 7 nitrogen and oxygen atoms in total. The Kier molecular flexibility index (Phi) is 5.93. The predicted octanol–water partition coefficient (Wildman–Crippen LogP) is 4.07. The largest absolute Gasteiger partial charge is 0.348 e. The van der Waals surface area contributed by atoms with Crippen molar-refractivity contribution in [3.05, 3.63) is 122 Å². The van der Waals surface area contributed by atoms with Gasteiger partial charge in [0.1, 0.15) is 16.8 Å². The van der Waals surface area contributed by atoms with Gasteiger partial charge in [-0.3, -0.25) is 19.4 Å². The summed E-state index contributed by atoms with van der Waals surface area (Å²) in [4.78, 5) is 31.2. The second-order valence-electron chi connectivity index (χ2n) is 8.34. The smallest absolute Gasteiger partial charge is 0.267 e. The standard InChI is InChI=1S/C27H22ClN5O2/c1-17-9-11-18(12-10-17)15-30-26(34)20-14-21-25(31-23-8-4-5-13-32(23)27(21)35)33(24(20)29)16-19-6-2-3-7-22(19)28/h2-14,29H,15-16H2,1H3,(H,30,34). The van der Waals surface area contributed by atoms with Gasteiger partial charge in [0.25, 0.3) is 11.5 Å². The number of nitrogens with zero attached hydrogens (tertiary/aromatic N) is 3. The number of aromatic nitrogens is 3. The molecule has 2 aromatic carbocycles. The molecule has 35 heavy (non-hydrogen) atoms. The molecule has 0 aliphatic carbocycles. The summed E-state index contributed by atoms with van der Waals surface area (Å²) in [5.41, 5.74) is 3.32. The third kappa shape index (κ3) is 4.34. The normalized spacial score (nSPS) is 11.1. The third-order valence-corrected chi connectivity index (χ3v) is 6.29. The van der Waals surface area contributed by atoms with E-state index in [1.165, 1.54) is 10.5 Å². The number of hydrogen-bond donors (Lipinski definition) is 2. The number of carbonyl (C=O) groups is 1. The lowest BCUT2D eigenvalue weighted by atomic mass is 10.1. The van der Waals surface area contributed by atoms with E-state index in [4.69, 9.17) is 17.0 Å². The van der Waals surface area contributed by atoms with Gasteiger partial charge in [0, 0.05) is 17.8 Å².